The number of rotatable bonds is 3. The molecule has 1 aromatic carbocycles. The fourth-order valence-corrected chi connectivity index (χ4v) is 2.24. The SMILES string of the molecule is CC(C)(C)C(N)c1ccc2c(c1)N(CC(N)=O)C(=O)CO2. The molecular weight excluding hydrogens is 270 g/mol. The Hall–Kier alpha value is -2.08. The smallest absolute Gasteiger partial charge is 0.265 e. The van der Waals surface area contributed by atoms with E-state index < -0.39 is 5.91 Å². The van der Waals surface area contributed by atoms with Crippen molar-refractivity contribution >= 4 is 17.5 Å². The second-order valence-corrected chi connectivity index (χ2v) is 6.31. The first-order chi connectivity index (χ1) is 9.70. The van der Waals surface area contributed by atoms with Crippen LogP contribution in [0.5, 0.6) is 5.75 Å². The summed E-state index contributed by atoms with van der Waals surface area (Å²) < 4.78 is 5.38. The minimum absolute atomic E-state index is 0.0923. The quantitative estimate of drug-likeness (QED) is 0.866. The van der Waals surface area contributed by atoms with Crippen LogP contribution in [-0.2, 0) is 9.59 Å². The number of carbonyl (C=O) groups excluding carboxylic acids is 2. The fraction of sp³-hybridized carbons (Fsp3) is 0.467. The van der Waals surface area contributed by atoms with E-state index in [1.165, 1.54) is 4.90 Å². The van der Waals surface area contributed by atoms with Crippen LogP contribution in [0.3, 0.4) is 0 Å². The summed E-state index contributed by atoms with van der Waals surface area (Å²) in [6, 6.07) is 5.25. The minimum Gasteiger partial charge on any atom is -0.482 e. The van der Waals surface area contributed by atoms with Gasteiger partial charge in [-0.2, -0.15) is 0 Å². The first-order valence-electron chi connectivity index (χ1n) is 6.81. The van der Waals surface area contributed by atoms with Crippen LogP contribution in [0.4, 0.5) is 5.69 Å². The summed E-state index contributed by atoms with van der Waals surface area (Å²) in [7, 11) is 0. The fourth-order valence-electron chi connectivity index (χ4n) is 2.24. The molecule has 6 nitrogen and oxygen atoms in total. The van der Waals surface area contributed by atoms with E-state index in [2.05, 4.69) is 0 Å². The molecule has 114 valence electrons. The molecule has 0 radical (unpaired) electrons. The summed E-state index contributed by atoms with van der Waals surface area (Å²) in [6.45, 7) is 5.87. The van der Waals surface area contributed by atoms with E-state index in [1.807, 2.05) is 26.8 Å². The second kappa shape index (κ2) is 5.37. The molecule has 1 heterocycles. The average molecular weight is 291 g/mol. The van der Waals surface area contributed by atoms with Crippen LogP contribution >= 0.6 is 0 Å². The van der Waals surface area contributed by atoms with Gasteiger partial charge in [0.25, 0.3) is 5.91 Å². The standard InChI is InChI=1S/C15H21N3O3/c1-15(2,3)14(17)9-4-5-11-10(6-9)18(7-12(16)19)13(20)8-21-11/h4-6,14H,7-8,17H2,1-3H3,(H2,16,19). The van der Waals surface area contributed by atoms with Gasteiger partial charge < -0.3 is 16.2 Å². The molecule has 1 aliphatic heterocycles. The van der Waals surface area contributed by atoms with Gasteiger partial charge in [0.2, 0.25) is 5.91 Å². The number of primary amides is 1. The lowest BCUT2D eigenvalue weighted by Crippen LogP contribution is -2.43. The Morgan fingerprint density at radius 1 is 1.43 bits per heavy atom. The molecule has 0 saturated heterocycles. The summed E-state index contributed by atoms with van der Waals surface area (Å²) in [5, 5.41) is 0. The Bertz CT molecular complexity index is 578. The minimum atomic E-state index is -0.568. The first-order valence-corrected chi connectivity index (χ1v) is 6.81. The Labute approximate surface area is 124 Å². The third kappa shape index (κ3) is 3.16. The van der Waals surface area contributed by atoms with Crippen LogP contribution < -0.4 is 21.1 Å². The lowest BCUT2D eigenvalue weighted by atomic mass is 9.83. The van der Waals surface area contributed by atoms with Crippen molar-refractivity contribution in [1.29, 1.82) is 0 Å². The first kappa shape index (κ1) is 15.3. The zero-order chi connectivity index (χ0) is 15.8. The molecule has 1 unspecified atom stereocenters. The number of hydrogen-bond donors (Lipinski definition) is 2. The molecule has 0 bridgehead atoms. The van der Waals surface area contributed by atoms with E-state index in [1.54, 1.807) is 12.1 Å². The van der Waals surface area contributed by atoms with E-state index in [4.69, 9.17) is 16.2 Å². The van der Waals surface area contributed by atoms with Gasteiger partial charge in [-0.15, -0.1) is 0 Å². The van der Waals surface area contributed by atoms with Gasteiger partial charge in [-0.3, -0.25) is 14.5 Å². The molecule has 0 saturated carbocycles. The largest absolute Gasteiger partial charge is 0.482 e. The number of fused-ring (bicyclic) bond motifs is 1. The molecule has 21 heavy (non-hydrogen) atoms. The maximum atomic E-state index is 11.9. The third-order valence-electron chi connectivity index (χ3n) is 3.53. The molecule has 2 rings (SSSR count). The van der Waals surface area contributed by atoms with Crippen molar-refractivity contribution in [2.45, 2.75) is 26.8 Å². The number of nitrogens with two attached hydrogens (primary N) is 2. The van der Waals surface area contributed by atoms with Crippen LogP contribution in [0.15, 0.2) is 18.2 Å². The predicted octanol–water partition coefficient (Wildman–Crippen LogP) is 0.943. The topological polar surface area (TPSA) is 98.6 Å². The van der Waals surface area contributed by atoms with E-state index in [0.717, 1.165) is 5.56 Å². The number of hydrogen-bond acceptors (Lipinski definition) is 4. The monoisotopic (exact) mass is 291 g/mol. The molecule has 0 aromatic heterocycles. The molecule has 0 aliphatic carbocycles. The van der Waals surface area contributed by atoms with Crippen molar-refractivity contribution in [3.8, 4) is 5.75 Å². The summed E-state index contributed by atoms with van der Waals surface area (Å²) in [4.78, 5) is 24.4. The van der Waals surface area contributed by atoms with Crippen molar-refractivity contribution in [3.05, 3.63) is 23.8 Å². The third-order valence-corrected chi connectivity index (χ3v) is 3.53. The van der Waals surface area contributed by atoms with Crippen molar-refractivity contribution < 1.29 is 14.3 Å². The normalized spacial score (nSPS) is 16.2. The molecule has 0 spiro atoms. The predicted molar refractivity (Wildman–Crippen MR) is 79.9 cm³/mol. The van der Waals surface area contributed by atoms with Crippen LogP contribution in [-0.4, -0.2) is 25.0 Å². The highest BCUT2D eigenvalue weighted by atomic mass is 16.5. The van der Waals surface area contributed by atoms with E-state index >= 15 is 0 Å². The van der Waals surface area contributed by atoms with Gasteiger partial charge in [0.1, 0.15) is 12.3 Å². The van der Waals surface area contributed by atoms with Gasteiger partial charge in [-0.1, -0.05) is 26.8 Å². The highest BCUT2D eigenvalue weighted by molar-refractivity contribution is 6.01. The maximum absolute atomic E-state index is 11.9. The summed E-state index contributed by atoms with van der Waals surface area (Å²) in [6.07, 6.45) is 0. The van der Waals surface area contributed by atoms with Gasteiger partial charge in [0.05, 0.1) is 5.69 Å². The summed E-state index contributed by atoms with van der Waals surface area (Å²) in [5.74, 6) is -0.301. The molecule has 1 atom stereocenters. The van der Waals surface area contributed by atoms with Gasteiger partial charge in [0, 0.05) is 6.04 Å². The number of amides is 2. The van der Waals surface area contributed by atoms with Crippen molar-refractivity contribution in [2.24, 2.45) is 16.9 Å². The Balaban J connectivity index is 2.43. The van der Waals surface area contributed by atoms with E-state index in [-0.39, 0.29) is 30.5 Å². The van der Waals surface area contributed by atoms with Gasteiger partial charge in [-0.25, -0.2) is 0 Å². The molecule has 2 amide bonds. The Morgan fingerprint density at radius 3 is 2.67 bits per heavy atom. The molecular formula is C15H21N3O3. The molecule has 1 aliphatic rings. The average Bonchev–Trinajstić information content (AvgIpc) is 2.39. The van der Waals surface area contributed by atoms with Crippen molar-refractivity contribution in [3.63, 3.8) is 0 Å². The van der Waals surface area contributed by atoms with Crippen LogP contribution in [0, 0.1) is 5.41 Å². The van der Waals surface area contributed by atoms with Gasteiger partial charge >= 0.3 is 0 Å². The van der Waals surface area contributed by atoms with Crippen LogP contribution in [0.1, 0.15) is 32.4 Å². The number of benzene rings is 1. The summed E-state index contributed by atoms with van der Waals surface area (Å²) in [5.41, 5.74) is 12.8. The number of anilines is 1. The van der Waals surface area contributed by atoms with Gasteiger partial charge in [0.15, 0.2) is 6.61 Å². The molecule has 1 aromatic rings. The van der Waals surface area contributed by atoms with Gasteiger partial charge in [-0.05, 0) is 23.1 Å². The Morgan fingerprint density at radius 2 is 2.10 bits per heavy atom. The zero-order valence-electron chi connectivity index (χ0n) is 12.6. The lowest BCUT2D eigenvalue weighted by Gasteiger charge is -2.32. The molecule has 4 N–H and O–H groups in total. The highest BCUT2D eigenvalue weighted by Gasteiger charge is 2.29. The molecule has 0 fully saturated rings. The number of ether oxygens (including phenoxy) is 1. The number of nitrogens with zero attached hydrogens (tertiary/aromatic N) is 1. The van der Waals surface area contributed by atoms with E-state index in [0.29, 0.717) is 11.4 Å². The maximum Gasteiger partial charge on any atom is 0.265 e. The van der Waals surface area contributed by atoms with Crippen LogP contribution in [0.25, 0.3) is 0 Å². The highest BCUT2D eigenvalue weighted by Crippen LogP contribution is 2.37. The van der Waals surface area contributed by atoms with Crippen molar-refractivity contribution in [1.82, 2.24) is 0 Å². The van der Waals surface area contributed by atoms with Crippen molar-refractivity contribution in [2.75, 3.05) is 18.1 Å². The van der Waals surface area contributed by atoms with E-state index in [9.17, 15) is 9.59 Å². The molecule has 6 heteroatoms. The Kier molecular flexibility index (Phi) is 3.91. The number of carbonyl (C=O) groups is 2. The lowest BCUT2D eigenvalue weighted by molar-refractivity contribution is -0.124. The second-order valence-electron chi connectivity index (χ2n) is 6.31. The van der Waals surface area contributed by atoms with Crippen LogP contribution in [0.2, 0.25) is 0 Å². The zero-order valence-corrected chi connectivity index (χ0v) is 12.6. The summed E-state index contributed by atoms with van der Waals surface area (Å²) >= 11 is 0.